The molecule has 2 heterocycles. The Morgan fingerprint density at radius 1 is 1.14 bits per heavy atom. The first-order valence-electron chi connectivity index (χ1n) is 6.15. The second-order valence-electron chi connectivity index (χ2n) is 4.35. The van der Waals surface area contributed by atoms with E-state index >= 15 is 0 Å². The zero-order chi connectivity index (χ0) is 14.8. The predicted molar refractivity (Wildman–Crippen MR) is 81.4 cm³/mol. The minimum atomic E-state index is -0.515. The monoisotopic (exact) mass is 298 g/mol. The first-order chi connectivity index (χ1) is 10.2. The number of carbonyl (C=O) groups is 2. The number of furan rings is 1. The van der Waals surface area contributed by atoms with E-state index in [1.54, 1.807) is 30.3 Å². The van der Waals surface area contributed by atoms with Gasteiger partial charge in [-0.3, -0.25) is 19.8 Å². The molecule has 1 fully saturated rings. The summed E-state index contributed by atoms with van der Waals surface area (Å²) >= 11 is 5.09. The number of benzene rings is 1. The van der Waals surface area contributed by atoms with Gasteiger partial charge in [-0.05, 0) is 36.5 Å². The number of amides is 2. The van der Waals surface area contributed by atoms with E-state index in [1.807, 2.05) is 6.07 Å². The predicted octanol–water partition coefficient (Wildman–Crippen LogP) is 2.11. The lowest BCUT2D eigenvalue weighted by atomic mass is 10.1. The largest absolute Gasteiger partial charge is 0.472 e. The molecule has 5 nitrogen and oxygen atoms in total. The van der Waals surface area contributed by atoms with Crippen LogP contribution in [0.4, 0.5) is 5.69 Å². The number of anilines is 1. The van der Waals surface area contributed by atoms with Gasteiger partial charge in [0, 0.05) is 5.56 Å². The number of thiocarbonyl (C=S) groups is 1. The third-order valence-electron chi connectivity index (χ3n) is 2.97. The Bertz CT molecular complexity index is 736. The number of para-hydroxylation sites is 1. The highest BCUT2D eigenvalue weighted by atomic mass is 32.1. The SMILES string of the molecule is O=C1NC(=S)N(c2ccccc2)C(=O)C1=Cc1ccoc1. The number of nitrogens with one attached hydrogen (secondary N) is 1. The van der Waals surface area contributed by atoms with Crippen molar-refractivity contribution in [2.24, 2.45) is 0 Å². The quantitative estimate of drug-likeness (QED) is 0.524. The average Bonchev–Trinajstić information content (AvgIpc) is 2.97. The lowest BCUT2D eigenvalue weighted by Gasteiger charge is -2.28. The van der Waals surface area contributed by atoms with Crippen molar-refractivity contribution < 1.29 is 14.0 Å². The van der Waals surface area contributed by atoms with Gasteiger partial charge in [-0.15, -0.1) is 0 Å². The topological polar surface area (TPSA) is 62.6 Å². The van der Waals surface area contributed by atoms with E-state index in [0.29, 0.717) is 11.3 Å². The maximum Gasteiger partial charge on any atom is 0.270 e. The van der Waals surface area contributed by atoms with Crippen molar-refractivity contribution in [1.29, 1.82) is 0 Å². The van der Waals surface area contributed by atoms with Crippen LogP contribution in [-0.2, 0) is 9.59 Å². The van der Waals surface area contributed by atoms with Gasteiger partial charge in [-0.25, -0.2) is 0 Å². The summed E-state index contributed by atoms with van der Waals surface area (Å²) in [6.45, 7) is 0. The second-order valence-corrected chi connectivity index (χ2v) is 4.74. The maximum absolute atomic E-state index is 12.6. The van der Waals surface area contributed by atoms with Crippen molar-refractivity contribution >= 4 is 40.9 Å². The minimum absolute atomic E-state index is 0.00820. The molecule has 104 valence electrons. The molecule has 1 aromatic heterocycles. The molecule has 0 spiro atoms. The van der Waals surface area contributed by atoms with Gasteiger partial charge in [0.2, 0.25) is 0 Å². The summed E-state index contributed by atoms with van der Waals surface area (Å²) in [5.74, 6) is -0.977. The van der Waals surface area contributed by atoms with E-state index in [1.165, 1.54) is 23.5 Å². The van der Waals surface area contributed by atoms with E-state index in [-0.39, 0.29) is 10.7 Å². The Kier molecular flexibility index (Phi) is 3.37. The van der Waals surface area contributed by atoms with Gasteiger partial charge in [-0.2, -0.15) is 0 Å². The summed E-state index contributed by atoms with van der Waals surface area (Å²) in [6.07, 6.45) is 4.39. The molecule has 0 unspecified atom stereocenters. The van der Waals surface area contributed by atoms with Gasteiger partial charge >= 0.3 is 0 Å². The fourth-order valence-electron chi connectivity index (χ4n) is 1.99. The Labute approximate surface area is 125 Å². The fraction of sp³-hybridized carbons (Fsp3) is 0. The summed E-state index contributed by atoms with van der Waals surface area (Å²) in [6, 6.07) is 10.6. The first-order valence-corrected chi connectivity index (χ1v) is 6.56. The average molecular weight is 298 g/mol. The molecule has 6 heteroatoms. The van der Waals surface area contributed by atoms with E-state index in [9.17, 15) is 9.59 Å². The highest BCUT2D eigenvalue weighted by Gasteiger charge is 2.34. The van der Waals surface area contributed by atoms with Crippen LogP contribution in [0.1, 0.15) is 5.56 Å². The standard InChI is InChI=1S/C15H10N2O3S/c18-13-12(8-10-6-7-20-9-10)14(19)17(15(21)16-13)11-4-2-1-3-5-11/h1-9H,(H,16,18,21). The highest BCUT2D eigenvalue weighted by Crippen LogP contribution is 2.21. The fourth-order valence-corrected chi connectivity index (χ4v) is 2.27. The Morgan fingerprint density at radius 2 is 1.90 bits per heavy atom. The maximum atomic E-state index is 12.6. The van der Waals surface area contributed by atoms with E-state index < -0.39 is 11.8 Å². The van der Waals surface area contributed by atoms with Crippen LogP contribution in [0, 0.1) is 0 Å². The van der Waals surface area contributed by atoms with Crippen LogP contribution >= 0.6 is 12.2 Å². The normalized spacial score (nSPS) is 17.2. The van der Waals surface area contributed by atoms with Crippen LogP contribution in [-0.4, -0.2) is 16.9 Å². The van der Waals surface area contributed by atoms with Crippen molar-refractivity contribution in [3.8, 4) is 0 Å². The van der Waals surface area contributed by atoms with Crippen molar-refractivity contribution in [1.82, 2.24) is 5.32 Å². The van der Waals surface area contributed by atoms with Gasteiger partial charge in [0.1, 0.15) is 5.57 Å². The molecule has 1 aromatic carbocycles. The van der Waals surface area contributed by atoms with Crippen LogP contribution in [0.2, 0.25) is 0 Å². The molecule has 0 aliphatic carbocycles. The smallest absolute Gasteiger partial charge is 0.270 e. The molecule has 21 heavy (non-hydrogen) atoms. The second kappa shape index (κ2) is 5.34. The zero-order valence-corrected chi connectivity index (χ0v) is 11.6. The van der Waals surface area contributed by atoms with Gasteiger partial charge < -0.3 is 4.42 Å². The van der Waals surface area contributed by atoms with Crippen LogP contribution in [0.15, 0.2) is 58.9 Å². The molecule has 2 amide bonds. The van der Waals surface area contributed by atoms with E-state index in [0.717, 1.165) is 0 Å². The molecule has 0 atom stereocenters. The first kappa shape index (κ1) is 13.3. The van der Waals surface area contributed by atoms with Crippen LogP contribution < -0.4 is 10.2 Å². The number of hydrogen-bond acceptors (Lipinski definition) is 4. The number of carbonyl (C=O) groups excluding carboxylic acids is 2. The summed E-state index contributed by atoms with van der Waals surface area (Å²) in [5.41, 5.74) is 1.24. The third kappa shape index (κ3) is 2.48. The molecular formula is C15H10N2O3S. The third-order valence-corrected chi connectivity index (χ3v) is 3.25. The summed E-state index contributed by atoms with van der Waals surface area (Å²) in [7, 11) is 0. The summed E-state index contributed by atoms with van der Waals surface area (Å²) < 4.78 is 4.93. The molecule has 1 N–H and O–H groups in total. The zero-order valence-electron chi connectivity index (χ0n) is 10.8. The van der Waals surface area contributed by atoms with Crippen LogP contribution in [0.25, 0.3) is 6.08 Å². The summed E-state index contributed by atoms with van der Waals surface area (Å²) in [5, 5.41) is 2.59. The van der Waals surface area contributed by atoms with Crippen molar-refractivity contribution in [2.75, 3.05) is 4.90 Å². The Morgan fingerprint density at radius 3 is 2.57 bits per heavy atom. The molecule has 0 bridgehead atoms. The molecule has 1 aliphatic heterocycles. The van der Waals surface area contributed by atoms with E-state index in [2.05, 4.69) is 5.32 Å². The Balaban J connectivity index is 2.02. The van der Waals surface area contributed by atoms with Gasteiger partial charge in [0.25, 0.3) is 11.8 Å². The van der Waals surface area contributed by atoms with Gasteiger partial charge in [0.05, 0.1) is 18.2 Å². The number of nitrogens with zero attached hydrogens (tertiary/aromatic N) is 1. The molecule has 1 saturated heterocycles. The van der Waals surface area contributed by atoms with Crippen LogP contribution in [0.3, 0.4) is 0 Å². The lowest BCUT2D eigenvalue weighted by Crippen LogP contribution is -2.54. The van der Waals surface area contributed by atoms with Crippen molar-refractivity contribution in [3.63, 3.8) is 0 Å². The number of rotatable bonds is 2. The Hall–Kier alpha value is -2.73. The van der Waals surface area contributed by atoms with E-state index in [4.69, 9.17) is 16.6 Å². The molecule has 1 aliphatic rings. The van der Waals surface area contributed by atoms with Crippen LogP contribution in [0.5, 0.6) is 0 Å². The molecule has 3 rings (SSSR count). The molecule has 0 saturated carbocycles. The number of hydrogen-bond donors (Lipinski definition) is 1. The molecule has 0 radical (unpaired) electrons. The molecule has 2 aromatic rings. The molecular weight excluding hydrogens is 288 g/mol. The van der Waals surface area contributed by atoms with Crippen molar-refractivity contribution in [2.45, 2.75) is 0 Å². The van der Waals surface area contributed by atoms with Gasteiger partial charge in [0.15, 0.2) is 5.11 Å². The summed E-state index contributed by atoms with van der Waals surface area (Å²) in [4.78, 5) is 25.8. The van der Waals surface area contributed by atoms with Crippen molar-refractivity contribution in [3.05, 3.63) is 60.1 Å². The lowest BCUT2D eigenvalue weighted by molar-refractivity contribution is -0.122. The minimum Gasteiger partial charge on any atom is -0.472 e. The highest BCUT2D eigenvalue weighted by molar-refractivity contribution is 7.80. The van der Waals surface area contributed by atoms with Gasteiger partial charge in [-0.1, -0.05) is 18.2 Å².